The van der Waals surface area contributed by atoms with Crippen LogP contribution < -0.4 is 56.0 Å². The van der Waals surface area contributed by atoms with Crippen LogP contribution in [0.2, 0.25) is 0 Å². The van der Waals surface area contributed by atoms with Crippen molar-refractivity contribution in [2.75, 3.05) is 11.5 Å². The van der Waals surface area contributed by atoms with Crippen LogP contribution in [-0.4, -0.2) is 104 Å². The molecule has 59 heavy (non-hydrogen) atoms. The molecule has 5 aromatic rings. The number of aromatic amines is 1. The number of aromatic hydroxyl groups is 3. The Morgan fingerprint density at radius 2 is 1.93 bits per heavy atom. The quantitative estimate of drug-likeness (QED) is 0.0203. The summed E-state index contributed by atoms with van der Waals surface area (Å²) in [6.07, 6.45) is 0.908. The molecule has 8 rings (SSSR count). The van der Waals surface area contributed by atoms with E-state index in [9.17, 15) is 48.0 Å². The average molecular weight is 893 g/mol. The number of phenols is 2. The van der Waals surface area contributed by atoms with Gasteiger partial charge in [0.05, 0.1) is 50.8 Å². The van der Waals surface area contributed by atoms with Crippen LogP contribution in [0.4, 0.5) is 5.13 Å². The van der Waals surface area contributed by atoms with Crippen LogP contribution in [0.5, 0.6) is 17.2 Å². The minimum atomic E-state index is -4.17. The van der Waals surface area contributed by atoms with Crippen molar-refractivity contribution in [2.24, 2.45) is 5.16 Å². The fraction of sp³-hybridized carbons (Fsp3) is 0.226. The number of fused-ring (bicyclic) bond motifs is 4. The number of carboxylic acid groups (broad SMARTS) is 1. The molecular formula is C31H25N12NaO11S4. The molecule has 0 bridgehead atoms. The molecule has 1 saturated heterocycles. The van der Waals surface area contributed by atoms with Gasteiger partial charge >= 0.3 is 29.6 Å². The van der Waals surface area contributed by atoms with Crippen molar-refractivity contribution in [3.63, 3.8) is 0 Å². The van der Waals surface area contributed by atoms with E-state index in [-0.39, 0.29) is 86.4 Å². The van der Waals surface area contributed by atoms with Gasteiger partial charge in [-0.3, -0.25) is 19.3 Å². The monoisotopic (exact) mass is 892 g/mol. The van der Waals surface area contributed by atoms with Gasteiger partial charge in [-0.1, -0.05) is 5.16 Å². The van der Waals surface area contributed by atoms with Gasteiger partial charge in [-0.05, 0) is 24.6 Å². The number of anilines is 1. The van der Waals surface area contributed by atoms with Gasteiger partial charge in [-0.2, -0.15) is 9.50 Å². The molecule has 300 valence electrons. The number of nitrogens with zero attached hydrogens (tertiary/aromatic N) is 8. The zero-order chi connectivity index (χ0) is 41.2. The van der Waals surface area contributed by atoms with Gasteiger partial charge in [0, 0.05) is 17.2 Å². The molecule has 3 aliphatic heterocycles. The summed E-state index contributed by atoms with van der Waals surface area (Å²) in [4.78, 5) is 77.2. The molecule has 3 aliphatic rings. The third-order valence-corrected chi connectivity index (χ3v) is 13.7. The normalized spacial score (nSPS) is 18.7. The average Bonchev–Trinajstić information content (AvgIpc) is 3.78. The maximum Gasteiger partial charge on any atom is 1.00 e. The Hall–Kier alpha value is -5.29. The fourth-order valence-corrected chi connectivity index (χ4v) is 10.4. The number of nitrogens with one attached hydrogen (secondary N) is 3. The number of rotatable bonds is 12. The Balaban J connectivity index is 0.00000528. The molecule has 1 aromatic carbocycles. The van der Waals surface area contributed by atoms with Crippen molar-refractivity contribution >= 4 is 79.3 Å². The van der Waals surface area contributed by atoms with Crippen molar-refractivity contribution < 1.29 is 77.6 Å². The number of aliphatic carboxylic acids is 1. The first-order valence-corrected chi connectivity index (χ1v) is 20.7. The number of β-lactam (4-membered cyclic amide) rings is 1. The second-order valence-corrected chi connectivity index (χ2v) is 17.4. The summed E-state index contributed by atoms with van der Waals surface area (Å²) in [6, 6.07) is 1.81. The molecule has 1 unspecified atom stereocenters. The summed E-state index contributed by atoms with van der Waals surface area (Å²) in [5, 5.41) is 52.3. The topological polar surface area (TPSA) is 346 Å². The molecular weight excluding hydrogens is 868 g/mol. The summed E-state index contributed by atoms with van der Waals surface area (Å²) in [5.41, 5.74) is 5.58. The number of carbonyl (C=O) groups excluding carboxylic acids is 3. The van der Waals surface area contributed by atoms with E-state index in [1.54, 1.807) is 6.92 Å². The maximum atomic E-state index is 13.6. The standard InChI is InChI=1S/C31H26N12O11S4.Na/c1-10-23-22(43-31(35-10)38-17(40-43)6-34-58(52,53)11-2-3-14(44)15(45)4-11)24(57-23)12-8-55-28-20(27(49)42(28)21(12)29(50)51)39-26(48)19(13-9-56-30(32)36-13)41-54-7-18-33-5-16(46)25(47)37-18;/h2-5,9,20,24,28,34,44-46H,6-8H2,1H3,(H2,32,36)(H,39,48)(H,50,51)(H,33,37,47);/q;+1/p-1/b41-19-;/t20-,24?,28-;/m1./s1. The fourth-order valence-electron chi connectivity index (χ4n) is 6.08. The summed E-state index contributed by atoms with van der Waals surface area (Å²) < 4.78 is 29.4. The second kappa shape index (κ2) is 16.0. The zero-order valence-electron chi connectivity index (χ0n) is 30.1. The number of hydrogen-bond acceptors (Lipinski definition) is 21. The van der Waals surface area contributed by atoms with Crippen LogP contribution >= 0.6 is 34.9 Å². The first kappa shape index (κ1) is 41.9. The van der Waals surface area contributed by atoms with E-state index >= 15 is 0 Å². The van der Waals surface area contributed by atoms with Crippen molar-refractivity contribution in [1.29, 1.82) is 0 Å². The molecule has 8 N–H and O–H groups in total. The van der Waals surface area contributed by atoms with E-state index in [2.05, 4.69) is 45.2 Å². The Morgan fingerprint density at radius 1 is 1.15 bits per heavy atom. The Labute approximate surface area is 364 Å². The number of carbonyl (C=O) groups is 3. The van der Waals surface area contributed by atoms with Gasteiger partial charge in [0.25, 0.3) is 23.2 Å². The number of sulfonamides is 1. The minimum Gasteiger partial charge on any atom is -0.543 e. The molecule has 3 atom stereocenters. The summed E-state index contributed by atoms with van der Waals surface area (Å²) >= 11 is 3.48. The predicted molar refractivity (Wildman–Crippen MR) is 199 cm³/mol. The molecule has 0 saturated carbocycles. The smallest absolute Gasteiger partial charge is 0.543 e. The number of benzene rings is 1. The van der Waals surface area contributed by atoms with Gasteiger partial charge in [0.2, 0.25) is 10.0 Å². The van der Waals surface area contributed by atoms with Gasteiger partial charge in [0.1, 0.15) is 22.9 Å². The third kappa shape index (κ3) is 7.70. The Bertz CT molecular complexity index is 2830. The van der Waals surface area contributed by atoms with Crippen molar-refractivity contribution in [3.05, 3.63) is 80.1 Å². The third-order valence-electron chi connectivity index (χ3n) is 8.82. The van der Waals surface area contributed by atoms with E-state index in [0.29, 0.717) is 21.9 Å². The van der Waals surface area contributed by atoms with E-state index in [1.165, 1.54) is 33.4 Å². The van der Waals surface area contributed by atoms with E-state index in [1.807, 2.05) is 0 Å². The number of thioether (sulfide) groups is 2. The van der Waals surface area contributed by atoms with Crippen molar-refractivity contribution in [3.8, 4) is 17.2 Å². The molecule has 0 radical (unpaired) electrons. The number of H-pyrrole nitrogens is 1. The first-order chi connectivity index (χ1) is 27.6. The number of amides is 2. The molecule has 1 fully saturated rings. The maximum absolute atomic E-state index is 13.6. The number of hydrogen-bond donors (Lipinski definition) is 7. The summed E-state index contributed by atoms with van der Waals surface area (Å²) in [7, 11) is -4.17. The van der Waals surface area contributed by atoms with Crippen LogP contribution in [0.3, 0.4) is 0 Å². The zero-order valence-corrected chi connectivity index (χ0v) is 35.4. The Kier molecular flexibility index (Phi) is 11.4. The number of carboxylic acids is 1. The molecule has 23 nitrogen and oxygen atoms in total. The van der Waals surface area contributed by atoms with Gasteiger partial charge < -0.3 is 46.1 Å². The second-order valence-electron chi connectivity index (χ2n) is 12.5. The molecule has 2 amide bonds. The molecule has 4 aromatic heterocycles. The van der Waals surface area contributed by atoms with Gasteiger partial charge in [-0.15, -0.1) is 40.0 Å². The number of oxime groups is 1. The van der Waals surface area contributed by atoms with Gasteiger partial charge in [0.15, 0.2) is 40.5 Å². The van der Waals surface area contributed by atoms with Crippen LogP contribution in [0.15, 0.2) is 60.8 Å². The van der Waals surface area contributed by atoms with Crippen molar-refractivity contribution in [1.82, 2.24) is 49.5 Å². The largest absolute Gasteiger partial charge is 1.00 e. The van der Waals surface area contributed by atoms with E-state index in [4.69, 9.17) is 10.6 Å². The number of nitrogen functional groups attached to an aromatic ring is 1. The molecule has 0 spiro atoms. The van der Waals surface area contributed by atoms with Crippen LogP contribution in [0.25, 0.3) is 5.78 Å². The van der Waals surface area contributed by atoms with Crippen LogP contribution in [0, 0.1) is 6.92 Å². The number of phenolic OH excluding ortho intramolecular Hbond substituents is 2. The first-order valence-electron chi connectivity index (χ1n) is 16.4. The number of nitrogens with two attached hydrogens (primary N) is 1. The number of aryl methyl sites for hydroxylation is 1. The number of thiazole rings is 1. The van der Waals surface area contributed by atoms with Crippen LogP contribution in [-0.2, 0) is 42.4 Å². The SMILES string of the molecule is Cc1nc2nc(CNS(=O)(=O)c3ccc(O)c(O)c3)nn2c2c1SC2C1=C(C(=O)[O-])N2C(=O)[C@@H](NC(=O)/C(=N\OCc3ncc(O)c(=O)[nH]3)c3csc(N)n3)[C@H]2SC1.[Na+]. The predicted octanol–water partition coefficient (Wildman–Crippen LogP) is -4.67. The summed E-state index contributed by atoms with van der Waals surface area (Å²) in [5.74, 6) is -4.82. The minimum absolute atomic E-state index is 0. The molecule has 28 heteroatoms. The number of aromatic nitrogens is 7. The van der Waals surface area contributed by atoms with Crippen LogP contribution in [0.1, 0.15) is 34.0 Å². The molecule has 0 aliphatic carbocycles. The van der Waals surface area contributed by atoms with Gasteiger partial charge in [-0.25, -0.2) is 28.1 Å². The summed E-state index contributed by atoms with van der Waals surface area (Å²) in [6.45, 7) is 0.912. The molecule has 7 heterocycles. The van der Waals surface area contributed by atoms with E-state index < -0.39 is 73.9 Å². The van der Waals surface area contributed by atoms with Crippen molar-refractivity contribution in [2.45, 2.75) is 46.5 Å². The Morgan fingerprint density at radius 3 is 2.63 bits per heavy atom. The van der Waals surface area contributed by atoms with E-state index in [0.717, 1.165) is 40.6 Å².